The van der Waals surface area contributed by atoms with Crippen molar-refractivity contribution in [1.29, 1.82) is 0 Å². The molecule has 0 aliphatic rings. The van der Waals surface area contributed by atoms with Crippen LogP contribution in [-0.2, 0) is 13.0 Å². The van der Waals surface area contributed by atoms with Crippen molar-refractivity contribution in [2.75, 3.05) is 13.1 Å². The van der Waals surface area contributed by atoms with Crippen molar-refractivity contribution in [3.05, 3.63) is 39.4 Å². The van der Waals surface area contributed by atoms with E-state index >= 15 is 0 Å². The largest absolute Gasteiger partial charge is 0.361 e. The van der Waals surface area contributed by atoms with E-state index in [4.69, 9.17) is 4.52 Å². The SMILES string of the molecule is CCNC(=NCc1cccs1)NCCc1c(C)noc1C.I. The minimum atomic E-state index is 0. The van der Waals surface area contributed by atoms with E-state index in [1.54, 1.807) is 11.3 Å². The third kappa shape index (κ3) is 5.60. The van der Waals surface area contributed by atoms with Crippen LogP contribution in [0, 0.1) is 13.8 Å². The number of thiophene rings is 1. The fourth-order valence-corrected chi connectivity index (χ4v) is 2.69. The number of halogens is 1. The molecule has 2 N–H and O–H groups in total. The van der Waals surface area contributed by atoms with Gasteiger partial charge in [-0.1, -0.05) is 11.2 Å². The predicted molar refractivity (Wildman–Crippen MR) is 102 cm³/mol. The van der Waals surface area contributed by atoms with Crippen LogP contribution >= 0.6 is 35.3 Å². The van der Waals surface area contributed by atoms with Gasteiger partial charge in [-0.15, -0.1) is 35.3 Å². The Morgan fingerprint density at radius 1 is 1.36 bits per heavy atom. The summed E-state index contributed by atoms with van der Waals surface area (Å²) >= 11 is 1.73. The minimum absolute atomic E-state index is 0. The van der Waals surface area contributed by atoms with Gasteiger partial charge >= 0.3 is 0 Å². The van der Waals surface area contributed by atoms with Gasteiger partial charge in [-0.25, -0.2) is 4.99 Å². The van der Waals surface area contributed by atoms with Gasteiger partial charge in [0.2, 0.25) is 0 Å². The molecule has 7 heteroatoms. The summed E-state index contributed by atoms with van der Waals surface area (Å²) in [4.78, 5) is 5.85. The molecule has 0 aliphatic heterocycles. The lowest BCUT2D eigenvalue weighted by Gasteiger charge is -2.10. The minimum Gasteiger partial charge on any atom is -0.361 e. The molecule has 0 unspecified atom stereocenters. The number of guanidine groups is 1. The second kappa shape index (κ2) is 9.83. The number of rotatable bonds is 6. The Hall–Kier alpha value is -1.09. The number of aliphatic imine (C=N–C) groups is 1. The summed E-state index contributed by atoms with van der Waals surface area (Å²) in [5, 5.41) is 12.7. The van der Waals surface area contributed by atoms with Gasteiger partial charge in [0, 0.05) is 23.5 Å². The third-order valence-corrected chi connectivity index (χ3v) is 4.03. The van der Waals surface area contributed by atoms with Crippen molar-refractivity contribution < 1.29 is 4.52 Å². The van der Waals surface area contributed by atoms with E-state index in [2.05, 4.69) is 39.2 Å². The van der Waals surface area contributed by atoms with Crippen molar-refractivity contribution in [2.24, 2.45) is 4.99 Å². The topological polar surface area (TPSA) is 62.5 Å². The quantitative estimate of drug-likeness (QED) is 0.416. The first-order chi connectivity index (χ1) is 10.2. The van der Waals surface area contributed by atoms with Crippen molar-refractivity contribution in [1.82, 2.24) is 15.8 Å². The highest BCUT2D eigenvalue weighted by atomic mass is 127. The average molecular weight is 434 g/mol. The lowest BCUT2D eigenvalue weighted by atomic mass is 10.1. The van der Waals surface area contributed by atoms with Crippen LogP contribution < -0.4 is 10.6 Å². The molecular weight excluding hydrogens is 411 g/mol. The number of hydrogen-bond donors (Lipinski definition) is 2. The van der Waals surface area contributed by atoms with Crippen molar-refractivity contribution in [3.63, 3.8) is 0 Å². The molecule has 0 saturated carbocycles. The summed E-state index contributed by atoms with van der Waals surface area (Å²) in [7, 11) is 0. The van der Waals surface area contributed by atoms with Gasteiger partial charge in [-0.2, -0.15) is 0 Å². The van der Waals surface area contributed by atoms with Gasteiger partial charge in [0.05, 0.1) is 12.2 Å². The molecular formula is C15H23IN4OS. The highest BCUT2D eigenvalue weighted by Crippen LogP contribution is 2.12. The first-order valence-corrected chi connectivity index (χ1v) is 8.05. The number of nitrogens with zero attached hydrogens (tertiary/aromatic N) is 2. The highest BCUT2D eigenvalue weighted by molar-refractivity contribution is 14.0. The Bertz CT molecular complexity index is 561. The predicted octanol–water partition coefficient (Wildman–Crippen LogP) is 3.27. The summed E-state index contributed by atoms with van der Waals surface area (Å²) < 4.78 is 5.17. The van der Waals surface area contributed by atoms with E-state index < -0.39 is 0 Å². The lowest BCUT2D eigenvalue weighted by molar-refractivity contribution is 0.392. The third-order valence-electron chi connectivity index (χ3n) is 3.17. The zero-order valence-corrected chi connectivity index (χ0v) is 16.3. The molecule has 22 heavy (non-hydrogen) atoms. The Morgan fingerprint density at radius 2 is 2.18 bits per heavy atom. The zero-order valence-electron chi connectivity index (χ0n) is 13.2. The molecule has 5 nitrogen and oxygen atoms in total. The Labute approximate surface area is 152 Å². The molecule has 0 bridgehead atoms. The van der Waals surface area contributed by atoms with Crippen LogP contribution in [0.2, 0.25) is 0 Å². The fourth-order valence-electron chi connectivity index (χ4n) is 2.07. The first kappa shape index (κ1) is 19.0. The van der Waals surface area contributed by atoms with Gasteiger partial charge in [0.25, 0.3) is 0 Å². The lowest BCUT2D eigenvalue weighted by Crippen LogP contribution is -2.38. The van der Waals surface area contributed by atoms with Crippen LogP contribution in [0.1, 0.15) is 28.8 Å². The van der Waals surface area contributed by atoms with Gasteiger partial charge in [-0.05, 0) is 38.6 Å². The molecule has 0 radical (unpaired) electrons. The van der Waals surface area contributed by atoms with E-state index in [0.29, 0.717) is 6.54 Å². The molecule has 0 amide bonds. The molecule has 0 aromatic carbocycles. The van der Waals surface area contributed by atoms with Gasteiger partial charge in [-0.3, -0.25) is 0 Å². The maximum Gasteiger partial charge on any atom is 0.191 e. The summed E-state index contributed by atoms with van der Waals surface area (Å²) in [6.45, 7) is 8.35. The standard InChI is InChI=1S/C15H22N4OS.HI/c1-4-16-15(18-10-13-6-5-9-21-13)17-8-7-14-11(2)19-20-12(14)3;/h5-6,9H,4,7-8,10H2,1-3H3,(H2,16,17,18);1H. The van der Waals surface area contributed by atoms with Crippen molar-refractivity contribution >= 4 is 41.3 Å². The summed E-state index contributed by atoms with van der Waals surface area (Å²) in [5.41, 5.74) is 2.14. The molecule has 122 valence electrons. The van der Waals surface area contributed by atoms with Crippen molar-refractivity contribution in [2.45, 2.75) is 33.7 Å². The molecule has 0 fully saturated rings. The number of aryl methyl sites for hydroxylation is 2. The van der Waals surface area contributed by atoms with E-state index in [9.17, 15) is 0 Å². The molecule has 0 spiro atoms. The van der Waals surface area contributed by atoms with Gasteiger partial charge in [0.15, 0.2) is 5.96 Å². The van der Waals surface area contributed by atoms with Crippen LogP contribution in [0.15, 0.2) is 27.0 Å². The molecule has 2 rings (SSSR count). The Balaban J connectivity index is 0.00000242. The summed E-state index contributed by atoms with van der Waals surface area (Å²) in [5.74, 6) is 1.74. The smallest absolute Gasteiger partial charge is 0.191 e. The Morgan fingerprint density at radius 3 is 2.77 bits per heavy atom. The maximum absolute atomic E-state index is 5.17. The normalized spacial score (nSPS) is 11.1. The van der Waals surface area contributed by atoms with E-state index in [0.717, 1.165) is 36.9 Å². The van der Waals surface area contributed by atoms with Crippen LogP contribution in [0.5, 0.6) is 0 Å². The van der Waals surface area contributed by atoms with Crippen LogP contribution in [-0.4, -0.2) is 24.2 Å². The number of nitrogens with one attached hydrogen (secondary N) is 2. The van der Waals surface area contributed by atoms with Crippen LogP contribution in [0.25, 0.3) is 0 Å². The maximum atomic E-state index is 5.17. The second-order valence-corrected chi connectivity index (χ2v) is 5.79. The fraction of sp³-hybridized carbons (Fsp3) is 0.467. The zero-order chi connectivity index (χ0) is 15.1. The molecule has 0 aliphatic carbocycles. The van der Waals surface area contributed by atoms with E-state index in [-0.39, 0.29) is 24.0 Å². The van der Waals surface area contributed by atoms with E-state index in [1.807, 2.05) is 19.9 Å². The molecule has 0 saturated heterocycles. The highest BCUT2D eigenvalue weighted by Gasteiger charge is 2.08. The summed E-state index contributed by atoms with van der Waals surface area (Å²) in [6.07, 6.45) is 0.880. The molecule has 2 aromatic rings. The van der Waals surface area contributed by atoms with Crippen molar-refractivity contribution in [3.8, 4) is 0 Å². The molecule has 2 aromatic heterocycles. The van der Waals surface area contributed by atoms with Crippen LogP contribution in [0.3, 0.4) is 0 Å². The Kier molecular flexibility index (Phi) is 8.47. The average Bonchev–Trinajstić information content (AvgIpc) is 3.09. The summed E-state index contributed by atoms with van der Waals surface area (Å²) in [6, 6.07) is 4.15. The number of aromatic nitrogens is 1. The number of hydrogen-bond acceptors (Lipinski definition) is 4. The second-order valence-electron chi connectivity index (χ2n) is 4.75. The first-order valence-electron chi connectivity index (χ1n) is 7.17. The molecule has 2 heterocycles. The monoisotopic (exact) mass is 434 g/mol. The van der Waals surface area contributed by atoms with E-state index in [1.165, 1.54) is 10.4 Å². The van der Waals surface area contributed by atoms with Gasteiger partial charge < -0.3 is 15.2 Å². The molecule has 0 atom stereocenters. The van der Waals surface area contributed by atoms with Crippen LogP contribution in [0.4, 0.5) is 0 Å². The van der Waals surface area contributed by atoms with Gasteiger partial charge in [0.1, 0.15) is 5.76 Å².